The summed E-state index contributed by atoms with van der Waals surface area (Å²) in [5.41, 5.74) is 5.53. The molecule has 1 aliphatic heterocycles. The summed E-state index contributed by atoms with van der Waals surface area (Å²) in [5, 5.41) is 0. The second-order valence-corrected chi connectivity index (χ2v) is 8.20. The number of rotatable bonds is 5. The van der Waals surface area contributed by atoms with Crippen molar-refractivity contribution in [1.82, 2.24) is 9.47 Å². The minimum absolute atomic E-state index is 0.0687. The number of methoxy groups -OCH3 is 1. The number of piperazine rings is 1. The molecule has 0 saturated carbocycles. The zero-order valence-corrected chi connectivity index (χ0v) is 19.1. The summed E-state index contributed by atoms with van der Waals surface area (Å²) < 4.78 is 7.37. The highest BCUT2D eigenvalue weighted by atomic mass is 16.5. The van der Waals surface area contributed by atoms with Crippen molar-refractivity contribution in [1.29, 1.82) is 0 Å². The van der Waals surface area contributed by atoms with Gasteiger partial charge in [0.1, 0.15) is 5.75 Å². The maximum absolute atomic E-state index is 13.3. The number of benzene rings is 2. The molecule has 1 fully saturated rings. The van der Waals surface area contributed by atoms with Crippen LogP contribution in [0.2, 0.25) is 0 Å². The summed E-state index contributed by atoms with van der Waals surface area (Å²) in [5.74, 6) is 0.949. The Morgan fingerprint density at radius 1 is 0.844 bits per heavy atom. The van der Waals surface area contributed by atoms with E-state index in [4.69, 9.17) is 4.74 Å². The highest BCUT2D eigenvalue weighted by Gasteiger charge is 2.25. The maximum Gasteiger partial charge on any atom is 0.255 e. The molecule has 1 aliphatic rings. The molecule has 6 heteroatoms. The van der Waals surface area contributed by atoms with Crippen molar-refractivity contribution in [2.75, 3.05) is 38.2 Å². The number of Topliss-reactive ketones (excluding diaryl/α,β-unsaturated/α-hetero) is 1. The molecule has 32 heavy (non-hydrogen) atoms. The van der Waals surface area contributed by atoms with E-state index in [2.05, 4.69) is 9.47 Å². The van der Waals surface area contributed by atoms with Crippen molar-refractivity contribution in [2.45, 2.75) is 20.8 Å². The first-order valence-corrected chi connectivity index (χ1v) is 10.9. The van der Waals surface area contributed by atoms with Gasteiger partial charge in [-0.15, -0.1) is 0 Å². The predicted molar refractivity (Wildman–Crippen MR) is 126 cm³/mol. The number of ether oxygens (including phenoxy) is 1. The van der Waals surface area contributed by atoms with E-state index < -0.39 is 0 Å². The van der Waals surface area contributed by atoms with Crippen LogP contribution in [0.1, 0.15) is 39.0 Å². The van der Waals surface area contributed by atoms with Gasteiger partial charge in [0.05, 0.1) is 12.7 Å². The number of ketones is 1. The molecular formula is C26H29N3O3. The van der Waals surface area contributed by atoms with Crippen molar-refractivity contribution in [2.24, 2.45) is 0 Å². The van der Waals surface area contributed by atoms with Gasteiger partial charge in [0, 0.05) is 54.5 Å². The van der Waals surface area contributed by atoms with E-state index in [9.17, 15) is 9.59 Å². The third-order valence-electron chi connectivity index (χ3n) is 6.20. The molecule has 2 aromatic carbocycles. The predicted octanol–water partition coefficient (Wildman–Crippen LogP) is 4.27. The van der Waals surface area contributed by atoms with E-state index >= 15 is 0 Å². The van der Waals surface area contributed by atoms with E-state index in [-0.39, 0.29) is 11.7 Å². The van der Waals surface area contributed by atoms with Gasteiger partial charge in [0.25, 0.3) is 5.91 Å². The van der Waals surface area contributed by atoms with Gasteiger partial charge in [0.2, 0.25) is 0 Å². The number of carbonyl (C=O) groups is 2. The van der Waals surface area contributed by atoms with Gasteiger partial charge in [-0.05, 0) is 75.4 Å². The standard InChI is InChI=1S/C26H29N3O3/c1-18-17-25(19(2)29(18)23-9-11-24(32-4)12-10-23)26(31)28-15-13-27(14-16-28)22-7-5-21(6-8-22)20(3)30/h5-12,17H,13-16H2,1-4H3. The summed E-state index contributed by atoms with van der Waals surface area (Å²) >= 11 is 0. The van der Waals surface area contributed by atoms with Crippen molar-refractivity contribution in [3.05, 3.63) is 77.1 Å². The topological polar surface area (TPSA) is 54.8 Å². The smallest absolute Gasteiger partial charge is 0.255 e. The van der Waals surface area contributed by atoms with Crippen molar-refractivity contribution < 1.29 is 14.3 Å². The van der Waals surface area contributed by atoms with E-state index in [1.54, 1.807) is 14.0 Å². The van der Waals surface area contributed by atoms with Gasteiger partial charge in [-0.2, -0.15) is 0 Å². The van der Waals surface area contributed by atoms with Gasteiger partial charge in [0.15, 0.2) is 5.78 Å². The lowest BCUT2D eigenvalue weighted by atomic mass is 10.1. The number of amides is 1. The largest absolute Gasteiger partial charge is 0.497 e. The molecular weight excluding hydrogens is 402 g/mol. The van der Waals surface area contributed by atoms with Crippen LogP contribution in [-0.4, -0.2) is 54.4 Å². The van der Waals surface area contributed by atoms with Crippen LogP contribution in [0.25, 0.3) is 5.69 Å². The maximum atomic E-state index is 13.3. The zero-order valence-electron chi connectivity index (χ0n) is 19.1. The summed E-state index contributed by atoms with van der Waals surface area (Å²) in [6, 6.07) is 17.5. The number of hydrogen-bond donors (Lipinski definition) is 0. The Bertz CT molecular complexity index is 1120. The summed E-state index contributed by atoms with van der Waals surface area (Å²) in [6.07, 6.45) is 0. The van der Waals surface area contributed by atoms with Gasteiger partial charge in [-0.3, -0.25) is 9.59 Å². The number of aryl methyl sites for hydroxylation is 1. The lowest BCUT2D eigenvalue weighted by Crippen LogP contribution is -2.48. The molecule has 166 valence electrons. The Labute approximate surface area is 189 Å². The second-order valence-electron chi connectivity index (χ2n) is 8.20. The Balaban J connectivity index is 1.47. The molecule has 0 N–H and O–H groups in total. The van der Waals surface area contributed by atoms with Crippen LogP contribution in [-0.2, 0) is 0 Å². The average Bonchev–Trinajstić information content (AvgIpc) is 3.12. The third kappa shape index (κ3) is 4.13. The quantitative estimate of drug-likeness (QED) is 0.566. The first-order chi connectivity index (χ1) is 15.4. The van der Waals surface area contributed by atoms with Gasteiger partial charge in [-0.25, -0.2) is 0 Å². The monoisotopic (exact) mass is 431 g/mol. The Hall–Kier alpha value is -3.54. The second kappa shape index (κ2) is 8.91. The normalized spacial score (nSPS) is 13.9. The van der Waals surface area contributed by atoms with Crippen LogP contribution >= 0.6 is 0 Å². The number of anilines is 1. The Kier molecular flexibility index (Phi) is 6.04. The van der Waals surface area contributed by atoms with Crippen molar-refractivity contribution >= 4 is 17.4 Å². The van der Waals surface area contributed by atoms with Crippen LogP contribution in [0, 0.1) is 13.8 Å². The third-order valence-corrected chi connectivity index (χ3v) is 6.20. The zero-order chi connectivity index (χ0) is 22.8. The molecule has 6 nitrogen and oxygen atoms in total. The molecule has 0 bridgehead atoms. The molecule has 1 aromatic heterocycles. The molecule has 0 unspecified atom stereocenters. The molecule has 0 radical (unpaired) electrons. The number of nitrogens with zero attached hydrogens (tertiary/aromatic N) is 3. The van der Waals surface area contributed by atoms with Gasteiger partial charge < -0.3 is 19.1 Å². The van der Waals surface area contributed by atoms with Crippen LogP contribution in [0.4, 0.5) is 5.69 Å². The number of carbonyl (C=O) groups excluding carboxylic acids is 2. The molecule has 3 aromatic rings. The molecule has 2 heterocycles. The van der Waals surface area contributed by atoms with Crippen LogP contribution in [0.15, 0.2) is 54.6 Å². The Morgan fingerprint density at radius 3 is 2.00 bits per heavy atom. The molecule has 0 aliphatic carbocycles. The minimum atomic E-state index is 0.0687. The van der Waals surface area contributed by atoms with Crippen LogP contribution in [0.3, 0.4) is 0 Å². The van der Waals surface area contributed by atoms with E-state index in [1.807, 2.05) is 73.3 Å². The summed E-state index contributed by atoms with van der Waals surface area (Å²) in [4.78, 5) is 29.0. The highest BCUT2D eigenvalue weighted by Crippen LogP contribution is 2.25. The lowest BCUT2D eigenvalue weighted by molar-refractivity contribution is 0.0746. The SMILES string of the molecule is COc1ccc(-n2c(C)cc(C(=O)N3CCN(c4ccc(C(C)=O)cc4)CC3)c2C)cc1. The summed E-state index contributed by atoms with van der Waals surface area (Å²) in [7, 11) is 1.65. The Morgan fingerprint density at radius 2 is 1.44 bits per heavy atom. The van der Waals surface area contributed by atoms with Gasteiger partial charge >= 0.3 is 0 Å². The highest BCUT2D eigenvalue weighted by molar-refractivity contribution is 5.96. The summed E-state index contributed by atoms with van der Waals surface area (Å²) in [6.45, 7) is 8.46. The first-order valence-electron chi connectivity index (χ1n) is 10.9. The van der Waals surface area contributed by atoms with E-state index in [1.165, 1.54) is 0 Å². The average molecular weight is 432 g/mol. The molecule has 4 rings (SSSR count). The number of hydrogen-bond acceptors (Lipinski definition) is 4. The van der Waals surface area contributed by atoms with Crippen molar-refractivity contribution in [3.63, 3.8) is 0 Å². The fourth-order valence-corrected chi connectivity index (χ4v) is 4.35. The fourth-order valence-electron chi connectivity index (χ4n) is 4.35. The van der Waals surface area contributed by atoms with E-state index in [0.717, 1.165) is 52.7 Å². The molecule has 0 atom stereocenters. The van der Waals surface area contributed by atoms with E-state index in [0.29, 0.717) is 13.1 Å². The molecule has 0 spiro atoms. The molecule has 1 saturated heterocycles. The number of aromatic nitrogens is 1. The lowest BCUT2D eigenvalue weighted by Gasteiger charge is -2.36. The van der Waals surface area contributed by atoms with Gasteiger partial charge in [-0.1, -0.05) is 0 Å². The van der Waals surface area contributed by atoms with Crippen LogP contribution in [0.5, 0.6) is 5.75 Å². The first kappa shape index (κ1) is 21.7. The van der Waals surface area contributed by atoms with Crippen molar-refractivity contribution in [3.8, 4) is 11.4 Å². The molecule has 1 amide bonds. The fraction of sp³-hybridized carbons (Fsp3) is 0.308. The minimum Gasteiger partial charge on any atom is -0.497 e. The van der Waals surface area contributed by atoms with Crippen LogP contribution < -0.4 is 9.64 Å².